The summed E-state index contributed by atoms with van der Waals surface area (Å²) in [6.07, 6.45) is -3.92. The highest BCUT2D eigenvalue weighted by Crippen LogP contribution is 2.46. The van der Waals surface area contributed by atoms with Gasteiger partial charge in [0.2, 0.25) is 11.4 Å². The third-order valence-corrected chi connectivity index (χ3v) is 5.22. The Morgan fingerprint density at radius 3 is 2.21 bits per heavy atom. The molecule has 0 aliphatic carbocycles. The number of rotatable bonds is 5. The predicted octanol–water partition coefficient (Wildman–Crippen LogP) is 3.68. The number of amides is 3. The summed E-state index contributed by atoms with van der Waals surface area (Å²) in [6, 6.07) is 10.5. The van der Waals surface area contributed by atoms with Crippen molar-refractivity contribution < 1.29 is 32.0 Å². The van der Waals surface area contributed by atoms with Crippen molar-refractivity contribution in [2.24, 2.45) is 5.41 Å². The van der Waals surface area contributed by atoms with E-state index >= 15 is 0 Å². The molecule has 0 spiro atoms. The van der Waals surface area contributed by atoms with Crippen molar-refractivity contribution in [2.75, 3.05) is 4.90 Å². The monoisotopic (exact) mass is 463 g/mol. The lowest BCUT2D eigenvalue weighted by molar-refractivity contribution is -0.190. The molecule has 2 aromatic rings. The molecule has 176 valence electrons. The van der Waals surface area contributed by atoms with Crippen molar-refractivity contribution in [1.82, 2.24) is 10.6 Å². The van der Waals surface area contributed by atoms with Crippen molar-refractivity contribution in [3.8, 4) is 0 Å². The van der Waals surface area contributed by atoms with Crippen LogP contribution in [0.2, 0.25) is 0 Å². The maximum atomic E-state index is 14.7. The van der Waals surface area contributed by atoms with Gasteiger partial charge in [0.1, 0.15) is 5.76 Å². The largest absolute Gasteiger partial charge is 0.467 e. The van der Waals surface area contributed by atoms with Gasteiger partial charge in [-0.25, -0.2) is 4.90 Å². The number of carbonyl (C=O) groups is 3. The van der Waals surface area contributed by atoms with Crippen LogP contribution in [0.1, 0.15) is 33.5 Å². The summed E-state index contributed by atoms with van der Waals surface area (Å²) in [5.41, 5.74) is -5.98. The lowest BCUT2D eigenvalue weighted by Crippen LogP contribution is -2.66. The van der Waals surface area contributed by atoms with E-state index in [0.717, 1.165) is 0 Å². The van der Waals surface area contributed by atoms with Crippen LogP contribution < -0.4 is 15.5 Å². The number of benzene rings is 1. The molecule has 10 heteroatoms. The van der Waals surface area contributed by atoms with Crippen LogP contribution in [0.5, 0.6) is 0 Å². The Labute approximate surface area is 188 Å². The Morgan fingerprint density at radius 2 is 1.70 bits per heavy atom. The minimum Gasteiger partial charge on any atom is -0.467 e. The number of carbonyl (C=O) groups excluding carboxylic acids is 3. The molecule has 1 atom stereocenters. The van der Waals surface area contributed by atoms with E-state index in [1.54, 1.807) is 18.2 Å². The number of nitrogens with zero attached hydrogens (tertiary/aromatic N) is 1. The summed E-state index contributed by atoms with van der Waals surface area (Å²) in [6.45, 7) is 5.45. The molecule has 7 nitrogen and oxygen atoms in total. The van der Waals surface area contributed by atoms with Crippen LogP contribution in [-0.4, -0.2) is 29.4 Å². The molecule has 1 fully saturated rings. The van der Waals surface area contributed by atoms with Crippen LogP contribution in [0.25, 0.3) is 0 Å². The summed E-state index contributed by atoms with van der Waals surface area (Å²) >= 11 is 0. The van der Waals surface area contributed by atoms with Crippen LogP contribution in [0, 0.1) is 5.41 Å². The second-order valence-electron chi connectivity index (χ2n) is 8.67. The minimum atomic E-state index is -5.31. The smallest absolute Gasteiger partial charge is 0.425 e. The zero-order chi connectivity index (χ0) is 24.6. The topological polar surface area (TPSA) is 91.7 Å². The van der Waals surface area contributed by atoms with Gasteiger partial charge in [0.05, 0.1) is 24.1 Å². The number of furan rings is 1. The lowest BCUT2D eigenvalue weighted by atomic mass is 9.86. The molecule has 1 aromatic carbocycles. The summed E-state index contributed by atoms with van der Waals surface area (Å²) in [4.78, 5) is 39.9. The molecule has 1 aliphatic rings. The molecular formula is C23H24F3N3O4. The van der Waals surface area contributed by atoms with Gasteiger partial charge in [-0.15, -0.1) is 0 Å². The first kappa shape index (κ1) is 24.1. The highest BCUT2D eigenvalue weighted by atomic mass is 19.4. The maximum Gasteiger partial charge on any atom is 0.425 e. The van der Waals surface area contributed by atoms with E-state index in [-0.39, 0.29) is 17.9 Å². The SMILES string of the molecule is C/C(NCc1ccco1)=C1/C(=O)N(c2ccccc2)C(=O)[C@]1(NC(=O)C(C)(C)C)C(F)(F)F. The van der Waals surface area contributed by atoms with E-state index in [1.165, 1.54) is 58.2 Å². The van der Waals surface area contributed by atoms with Crippen LogP contribution >= 0.6 is 0 Å². The molecule has 1 saturated heterocycles. The van der Waals surface area contributed by atoms with Gasteiger partial charge in [-0.1, -0.05) is 39.0 Å². The summed E-state index contributed by atoms with van der Waals surface area (Å²) in [7, 11) is 0. The number of hydrogen-bond donors (Lipinski definition) is 2. The first-order chi connectivity index (χ1) is 15.3. The molecule has 3 rings (SSSR count). The van der Waals surface area contributed by atoms with Crippen molar-refractivity contribution in [1.29, 1.82) is 0 Å². The molecule has 33 heavy (non-hydrogen) atoms. The number of halogens is 3. The first-order valence-corrected chi connectivity index (χ1v) is 10.1. The van der Waals surface area contributed by atoms with E-state index in [0.29, 0.717) is 10.7 Å². The molecule has 1 aromatic heterocycles. The highest BCUT2D eigenvalue weighted by Gasteiger charge is 2.72. The van der Waals surface area contributed by atoms with Gasteiger partial charge in [-0.2, -0.15) is 13.2 Å². The van der Waals surface area contributed by atoms with Gasteiger partial charge in [0.25, 0.3) is 11.8 Å². The van der Waals surface area contributed by atoms with E-state index in [9.17, 15) is 27.6 Å². The number of anilines is 1. The van der Waals surface area contributed by atoms with E-state index < -0.39 is 40.4 Å². The number of imide groups is 1. The standard InChI is InChI=1S/C23H24F3N3O4/c1-14(27-13-16-11-8-12-33-16)17-18(30)29(15-9-6-5-7-10-15)20(32)22(17,23(24,25)26)28-19(31)21(2,3)4/h5-12,27H,13H2,1-4H3,(H,28,31)/b17-14+/t22-/m0/s1. The zero-order valence-electron chi connectivity index (χ0n) is 18.5. The van der Waals surface area contributed by atoms with Crippen molar-refractivity contribution in [3.05, 3.63) is 65.8 Å². The minimum absolute atomic E-state index is 0.0315. The molecule has 3 amide bonds. The van der Waals surface area contributed by atoms with Crippen LogP contribution in [0.3, 0.4) is 0 Å². The van der Waals surface area contributed by atoms with Gasteiger partial charge in [-0.05, 0) is 31.2 Å². The van der Waals surface area contributed by atoms with E-state index in [2.05, 4.69) is 5.32 Å². The summed E-state index contributed by atoms with van der Waals surface area (Å²) in [5, 5.41) is 4.60. The number of nitrogens with one attached hydrogen (secondary N) is 2. The number of para-hydroxylation sites is 1. The van der Waals surface area contributed by atoms with Gasteiger partial charge in [-0.3, -0.25) is 14.4 Å². The summed E-state index contributed by atoms with van der Waals surface area (Å²) in [5.74, 6) is -3.41. The molecule has 0 saturated carbocycles. The lowest BCUT2D eigenvalue weighted by Gasteiger charge is -2.34. The second-order valence-corrected chi connectivity index (χ2v) is 8.67. The molecule has 0 bridgehead atoms. The van der Waals surface area contributed by atoms with Gasteiger partial charge < -0.3 is 15.1 Å². The molecule has 0 unspecified atom stereocenters. The van der Waals surface area contributed by atoms with E-state index in [4.69, 9.17) is 4.42 Å². The number of hydrogen-bond acceptors (Lipinski definition) is 5. The quantitative estimate of drug-likeness (QED) is 0.522. The normalized spacial score (nSPS) is 20.8. The second kappa shape index (κ2) is 8.42. The Balaban J connectivity index is 2.21. The third-order valence-electron chi connectivity index (χ3n) is 5.22. The maximum absolute atomic E-state index is 14.7. The predicted molar refractivity (Wildman–Crippen MR) is 114 cm³/mol. The molecule has 0 radical (unpaired) electrons. The fourth-order valence-electron chi connectivity index (χ4n) is 3.42. The Kier molecular flexibility index (Phi) is 6.14. The van der Waals surface area contributed by atoms with Gasteiger partial charge >= 0.3 is 6.18 Å². The Bertz CT molecular complexity index is 1090. The Morgan fingerprint density at radius 1 is 1.06 bits per heavy atom. The fourth-order valence-corrected chi connectivity index (χ4v) is 3.42. The van der Waals surface area contributed by atoms with E-state index in [1.807, 2.05) is 5.32 Å². The zero-order valence-corrected chi connectivity index (χ0v) is 18.5. The van der Waals surface area contributed by atoms with Crippen LogP contribution in [0.15, 0.2) is 64.4 Å². The van der Waals surface area contributed by atoms with Crippen molar-refractivity contribution in [3.63, 3.8) is 0 Å². The fraction of sp³-hybridized carbons (Fsp3) is 0.348. The molecule has 2 N–H and O–H groups in total. The first-order valence-electron chi connectivity index (χ1n) is 10.1. The van der Waals surface area contributed by atoms with Crippen molar-refractivity contribution in [2.45, 2.75) is 46.0 Å². The number of alkyl halides is 3. The van der Waals surface area contributed by atoms with Crippen LogP contribution in [0.4, 0.5) is 18.9 Å². The average Bonchev–Trinajstić information content (AvgIpc) is 3.31. The van der Waals surface area contributed by atoms with Crippen molar-refractivity contribution >= 4 is 23.4 Å². The third kappa shape index (κ3) is 4.24. The summed E-state index contributed by atoms with van der Waals surface area (Å²) < 4.78 is 49.3. The molecule has 2 heterocycles. The highest BCUT2D eigenvalue weighted by molar-refractivity contribution is 6.34. The van der Waals surface area contributed by atoms with Gasteiger partial charge in [0.15, 0.2) is 0 Å². The number of allylic oxidation sites excluding steroid dienone is 1. The molecule has 1 aliphatic heterocycles. The molecular weight excluding hydrogens is 439 g/mol. The Hall–Kier alpha value is -3.56. The van der Waals surface area contributed by atoms with Gasteiger partial charge in [0, 0.05) is 11.1 Å². The average molecular weight is 463 g/mol. The van der Waals surface area contributed by atoms with Crippen LogP contribution in [-0.2, 0) is 20.9 Å².